The zero-order chi connectivity index (χ0) is 13.8. The Morgan fingerprint density at radius 3 is 2.95 bits per heavy atom. The molecular formula is C14H20N4OS. The molecule has 1 N–H and O–H groups in total. The fraction of sp³-hybridized carbons (Fsp3) is 0.571. The molecule has 2 aromatic heterocycles. The number of likely N-dealkylation sites (tertiary alicyclic amines) is 1. The van der Waals surface area contributed by atoms with Crippen LogP contribution in [-0.2, 0) is 6.54 Å². The monoisotopic (exact) mass is 292 g/mol. The second-order valence-electron chi connectivity index (χ2n) is 5.26. The first-order valence-corrected chi connectivity index (χ1v) is 7.96. The van der Waals surface area contributed by atoms with E-state index in [1.165, 1.54) is 12.8 Å². The van der Waals surface area contributed by atoms with Gasteiger partial charge in [0.15, 0.2) is 0 Å². The third-order valence-corrected chi connectivity index (χ3v) is 4.62. The van der Waals surface area contributed by atoms with Crippen LogP contribution >= 0.6 is 11.3 Å². The van der Waals surface area contributed by atoms with E-state index in [9.17, 15) is 0 Å². The van der Waals surface area contributed by atoms with E-state index in [-0.39, 0.29) is 0 Å². The maximum Gasteiger partial charge on any atom is 0.257 e. The first kappa shape index (κ1) is 13.7. The van der Waals surface area contributed by atoms with Gasteiger partial charge in [-0.15, -0.1) is 21.5 Å². The summed E-state index contributed by atoms with van der Waals surface area (Å²) >= 11 is 1.62. The van der Waals surface area contributed by atoms with Crippen LogP contribution in [0.25, 0.3) is 10.8 Å². The number of rotatable bonds is 5. The van der Waals surface area contributed by atoms with Crippen LogP contribution in [0.1, 0.15) is 18.7 Å². The van der Waals surface area contributed by atoms with Gasteiger partial charge in [0.1, 0.15) is 0 Å². The van der Waals surface area contributed by atoms with E-state index >= 15 is 0 Å². The van der Waals surface area contributed by atoms with Crippen LogP contribution in [0.4, 0.5) is 0 Å². The standard InChI is InChI=1S/C14H20N4OS/c1-15-9-11-4-6-18(7-5-11)10-13-16-17-14(19-13)12-3-2-8-20-12/h2-3,8,11,15H,4-7,9-10H2,1H3. The third-order valence-electron chi connectivity index (χ3n) is 3.76. The molecule has 0 unspecified atom stereocenters. The maximum atomic E-state index is 5.74. The maximum absolute atomic E-state index is 5.74. The van der Waals surface area contributed by atoms with Gasteiger partial charge in [-0.05, 0) is 56.9 Å². The number of piperidine rings is 1. The van der Waals surface area contributed by atoms with Gasteiger partial charge < -0.3 is 9.73 Å². The number of thiophene rings is 1. The van der Waals surface area contributed by atoms with Crippen LogP contribution in [0.2, 0.25) is 0 Å². The average Bonchev–Trinajstić information content (AvgIpc) is 3.12. The summed E-state index contributed by atoms with van der Waals surface area (Å²) in [5.41, 5.74) is 0. The van der Waals surface area contributed by atoms with Crippen LogP contribution in [0.15, 0.2) is 21.9 Å². The normalized spacial score (nSPS) is 17.6. The first-order chi connectivity index (χ1) is 9.85. The number of nitrogens with zero attached hydrogens (tertiary/aromatic N) is 3. The lowest BCUT2D eigenvalue weighted by Gasteiger charge is -2.30. The average molecular weight is 292 g/mol. The van der Waals surface area contributed by atoms with E-state index in [4.69, 9.17) is 4.42 Å². The molecule has 0 saturated carbocycles. The summed E-state index contributed by atoms with van der Waals surface area (Å²) in [7, 11) is 2.02. The smallest absolute Gasteiger partial charge is 0.257 e. The molecule has 1 aliphatic heterocycles. The summed E-state index contributed by atoms with van der Waals surface area (Å²) < 4.78 is 5.74. The lowest BCUT2D eigenvalue weighted by Crippen LogP contribution is -2.36. The topological polar surface area (TPSA) is 54.2 Å². The van der Waals surface area contributed by atoms with Gasteiger partial charge in [0.05, 0.1) is 11.4 Å². The lowest BCUT2D eigenvalue weighted by molar-refractivity contribution is 0.164. The predicted octanol–water partition coefficient (Wildman–Crippen LogP) is 2.23. The Bertz CT molecular complexity index is 517. The Hall–Kier alpha value is -1.24. The highest BCUT2D eigenvalue weighted by Gasteiger charge is 2.20. The van der Waals surface area contributed by atoms with Crippen LogP contribution in [0.3, 0.4) is 0 Å². The van der Waals surface area contributed by atoms with Crippen LogP contribution in [-0.4, -0.2) is 41.8 Å². The van der Waals surface area contributed by atoms with Gasteiger partial charge in [0, 0.05) is 0 Å². The zero-order valence-electron chi connectivity index (χ0n) is 11.7. The first-order valence-electron chi connectivity index (χ1n) is 7.08. The Morgan fingerprint density at radius 2 is 2.25 bits per heavy atom. The number of hydrogen-bond acceptors (Lipinski definition) is 6. The molecule has 3 heterocycles. The van der Waals surface area contributed by atoms with Crippen molar-refractivity contribution in [3.63, 3.8) is 0 Å². The second kappa shape index (κ2) is 6.47. The van der Waals surface area contributed by atoms with Crippen LogP contribution in [0.5, 0.6) is 0 Å². The van der Waals surface area contributed by atoms with E-state index in [1.807, 2.05) is 24.6 Å². The van der Waals surface area contributed by atoms with Gasteiger partial charge in [0.2, 0.25) is 5.89 Å². The van der Waals surface area contributed by atoms with Gasteiger partial charge >= 0.3 is 0 Å². The molecule has 0 bridgehead atoms. The minimum absolute atomic E-state index is 0.639. The van der Waals surface area contributed by atoms with Crippen LogP contribution < -0.4 is 5.32 Å². The Balaban J connectivity index is 1.54. The fourth-order valence-corrected chi connectivity index (χ4v) is 3.29. The van der Waals surface area contributed by atoms with E-state index in [0.717, 1.165) is 42.9 Å². The van der Waals surface area contributed by atoms with Crippen molar-refractivity contribution in [2.45, 2.75) is 19.4 Å². The van der Waals surface area contributed by atoms with Crippen molar-refractivity contribution in [3.8, 4) is 10.8 Å². The SMILES string of the molecule is CNCC1CCN(Cc2nnc(-c3cccs3)o2)CC1. The van der Waals surface area contributed by atoms with Crippen molar-refractivity contribution >= 4 is 11.3 Å². The molecule has 108 valence electrons. The number of aromatic nitrogens is 2. The minimum atomic E-state index is 0.639. The highest BCUT2D eigenvalue weighted by atomic mass is 32.1. The molecule has 1 aliphatic rings. The summed E-state index contributed by atoms with van der Waals surface area (Å²) in [5, 5.41) is 13.6. The van der Waals surface area contributed by atoms with Crippen molar-refractivity contribution in [2.24, 2.45) is 5.92 Å². The predicted molar refractivity (Wildman–Crippen MR) is 79.5 cm³/mol. The van der Waals surface area contributed by atoms with Crippen molar-refractivity contribution < 1.29 is 4.42 Å². The molecule has 0 amide bonds. The number of hydrogen-bond donors (Lipinski definition) is 1. The molecule has 6 heteroatoms. The molecule has 1 fully saturated rings. The number of nitrogens with one attached hydrogen (secondary N) is 1. The quantitative estimate of drug-likeness (QED) is 0.916. The van der Waals surface area contributed by atoms with E-state index in [0.29, 0.717) is 5.89 Å². The molecule has 0 aromatic carbocycles. The van der Waals surface area contributed by atoms with Gasteiger partial charge in [-0.2, -0.15) is 0 Å². The highest BCUT2D eigenvalue weighted by molar-refractivity contribution is 7.13. The molecule has 0 aliphatic carbocycles. The van der Waals surface area contributed by atoms with Crippen molar-refractivity contribution in [2.75, 3.05) is 26.7 Å². The molecule has 3 rings (SSSR count). The van der Waals surface area contributed by atoms with Gasteiger partial charge in [-0.1, -0.05) is 6.07 Å². The van der Waals surface area contributed by atoms with Crippen molar-refractivity contribution in [1.82, 2.24) is 20.4 Å². The third kappa shape index (κ3) is 3.26. The molecular weight excluding hydrogens is 272 g/mol. The summed E-state index contributed by atoms with van der Waals surface area (Å²) in [6.45, 7) is 4.12. The molecule has 0 spiro atoms. The molecule has 5 nitrogen and oxygen atoms in total. The van der Waals surface area contributed by atoms with E-state index in [1.54, 1.807) is 11.3 Å². The fourth-order valence-electron chi connectivity index (χ4n) is 2.65. The Kier molecular flexibility index (Phi) is 4.44. The van der Waals surface area contributed by atoms with Crippen molar-refractivity contribution in [3.05, 3.63) is 23.4 Å². The van der Waals surface area contributed by atoms with E-state index < -0.39 is 0 Å². The summed E-state index contributed by atoms with van der Waals surface area (Å²) in [4.78, 5) is 3.44. The Labute approximate surface area is 123 Å². The molecule has 2 aromatic rings. The lowest BCUT2D eigenvalue weighted by atomic mass is 9.97. The van der Waals surface area contributed by atoms with Crippen LogP contribution in [0, 0.1) is 5.92 Å². The van der Waals surface area contributed by atoms with Gasteiger partial charge in [-0.3, -0.25) is 4.90 Å². The molecule has 1 saturated heterocycles. The summed E-state index contributed by atoms with van der Waals surface area (Å²) in [6.07, 6.45) is 2.49. The highest BCUT2D eigenvalue weighted by Crippen LogP contribution is 2.24. The van der Waals surface area contributed by atoms with Gasteiger partial charge in [0.25, 0.3) is 5.89 Å². The summed E-state index contributed by atoms with van der Waals surface area (Å²) in [5.74, 6) is 2.17. The molecule has 0 radical (unpaired) electrons. The Morgan fingerprint density at radius 1 is 1.40 bits per heavy atom. The minimum Gasteiger partial charge on any atom is -0.419 e. The largest absolute Gasteiger partial charge is 0.419 e. The summed E-state index contributed by atoms with van der Waals surface area (Å²) in [6, 6.07) is 4.00. The molecule has 0 atom stereocenters. The van der Waals surface area contributed by atoms with Gasteiger partial charge in [-0.25, -0.2) is 0 Å². The van der Waals surface area contributed by atoms with E-state index in [2.05, 4.69) is 20.4 Å². The van der Waals surface area contributed by atoms with Crippen molar-refractivity contribution in [1.29, 1.82) is 0 Å². The molecule has 20 heavy (non-hydrogen) atoms. The second-order valence-corrected chi connectivity index (χ2v) is 6.20. The zero-order valence-corrected chi connectivity index (χ0v) is 12.5.